The Morgan fingerprint density at radius 3 is 2.72 bits per heavy atom. The molecule has 0 saturated carbocycles. The third kappa shape index (κ3) is 4.84. The molecule has 2 aromatic carbocycles. The lowest BCUT2D eigenvalue weighted by molar-refractivity contribution is -0.134. The normalized spacial score (nSPS) is 28.8. The van der Waals surface area contributed by atoms with E-state index in [1.807, 2.05) is 17.9 Å². The number of nitrogen functional groups attached to an aromatic ring is 1. The van der Waals surface area contributed by atoms with Gasteiger partial charge in [0.1, 0.15) is 47.0 Å². The van der Waals surface area contributed by atoms with Gasteiger partial charge in [0.2, 0.25) is 5.91 Å². The van der Waals surface area contributed by atoms with Crippen LogP contribution >= 0.6 is 22.9 Å². The van der Waals surface area contributed by atoms with E-state index < -0.39 is 23.3 Å². The molecule has 0 radical (unpaired) electrons. The highest BCUT2D eigenvalue weighted by atomic mass is 35.5. The van der Waals surface area contributed by atoms with Crippen molar-refractivity contribution in [3.8, 4) is 23.2 Å². The van der Waals surface area contributed by atoms with Crippen LogP contribution in [0.15, 0.2) is 18.2 Å². The number of hydrogen-bond donors (Lipinski definition) is 2. The van der Waals surface area contributed by atoms with Crippen molar-refractivity contribution in [1.29, 1.82) is 5.26 Å². The second-order valence-corrected chi connectivity index (χ2v) is 15.8. The smallest absolute Gasteiger partial charge is 0.319 e. The number of thiophene rings is 1. The highest BCUT2D eigenvalue weighted by Gasteiger charge is 2.51. The molecule has 5 aliphatic rings. The molecular weight excluding hydrogens is 689 g/mol. The Labute approximate surface area is 294 Å². The lowest BCUT2D eigenvalue weighted by atomic mass is 9.95. The Hall–Kier alpha value is -3.90. The lowest BCUT2D eigenvalue weighted by Crippen LogP contribution is -2.57. The first kappa shape index (κ1) is 32.0. The molecule has 5 fully saturated rings. The molecule has 5 saturated heterocycles. The van der Waals surface area contributed by atoms with E-state index in [2.05, 4.69) is 20.1 Å². The molecule has 50 heavy (non-hydrogen) atoms. The Morgan fingerprint density at radius 1 is 1.24 bits per heavy atom. The number of piperazine rings is 1. The number of carbonyl (C=O) groups excluding carboxylic acids is 1. The molecule has 15 heteroatoms. The topological polar surface area (TPSA) is 134 Å². The molecule has 0 unspecified atom stereocenters. The van der Waals surface area contributed by atoms with Crippen LogP contribution in [0.1, 0.15) is 44.6 Å². The average Bonchev–Trinajstić information content (AvgIpc) is 3.29. The van der Waals surface area contributed by atoms with Crippen LogP contribution in [0.5, 0.6) is 6.01 Å². The van der Waals surface area contributed by atoms with Crippen molar-refractivity contribution < 1.29 is 22.7 Å². The van der Waals surface area contributed by atoms with E-state index in [0.29, 0.717) is 37.3 Å². The Bertz CT molecular complexity index is 2130. The van der Waals surface area contributed by atoms with Gasteiger partial charge in [-0.25, -0.2) is 13.2 Å². The molecule has 6 atom stereocenters. The number of nitrogens with zero attached hydrogens (tertiary/aromatic N) is 6. The van der Waals surface area contributed by atoms with Crippen LogP contribution in [0.25, 0.3) is 32.1 Å². The molecular formula is C35H34ClF3N8O2S. The van der Waals surface area contributed by atoms with E-state index >= 15 is 4.39 Å². The molecule has 9 rings (SSSR count). The minimum absolute atomic E-state index is 0.0288. The first-order valence-corrected chi connectivity index (χ1v) is 18.2. The van der Waals surface area contributed by atoms with Crippen molar-refractivity contribution in [1.82, 2.24) is 25.1 Å². The Morgan fingerprint density at radius 2 is 2.00 bits per heavy atom. The molecule has 10 nitrogen and oxygen atoms in total. The van der Waals surface area contributed by atoms with Gasteiger partial charge in [-0.15, -0.1) is 11.3 Å². The number of ether oxygens (including phenoxy) is 1. The maximum Gasteiger partial charge on any atom is 0.319 e. The predicted octanol–water partition coefficient (Wildman–Crippen LogP) is 5.39. The maximum absolute atomic E-state index is 17.1. The van der Waals surface area contributed by atoms with Gasteiger partial charge in [0.15, 0.2) is 5.82 Å². The highest BCUT2D eigenvalue weighted by molar-refractivity contribution is 7.23. The van der Waals surface area contributed by atoms with Crippen molar-refractivity contribution in [2.45, 2.75) is 74.9 Å². The zero-order chi connectivity index (χ0) is 34.6. The van der Waals surface area contributed by atoms with E-state index in [1.165, 1.54) is 12.1 Å². The number of amides is 1. The largest absolute Gasteiger partial charge is 0.461 e. The minimum Gasteiger partial charge on any atom is -0.461 e. The van der Waals surface area contributed by atoms with E-state index in [9.17, 15) is 18.8 Å². The molecule has 3 N–H and O–H groups in total. The highest BCUT2D eigenvalue weighted by Crippen LogP contribution is 2.47. The van der Waals surface area contributed by atoms with Crippen molar-refractivity contribution in [3.63, 3.8) is 0 Å². The number of hydrogen-bond acceptors (Lipinski definition) is 10. The van der Waals surface area contributed by atoms with Crippen molar-refractivity contribution in [2.75, 3.05) is 43.4 Å². The molecule has 2 aromatic heterocycles. The number of aromatic nitrogens is 2. The fraction of sp³-hybridized carbons (Fsp3) is 0.486. The van der Waals surface area contributed by atoms with Crippen LogP contribution < -0.4 is 20.7 Å². The summed E-state index contributed by atoms with van der Waals surface area (Å²) in [5.74, 6) is -0.823. The van der Waals surface area contributed by atoms with Gasteiger partial charge in [-0.3, -0.25) is 15.0 Å². The van der Waals surface area contributed by atoms with Gasteiger partial charge >= 0.3 is 6.01 Å². The first-order valence-electron chi connectivity index (χ1n) is 17.0. The first-order chi connectivity index (χ1) is 24.1. The Balaban J connectivity index is 1.16. The molecule has 7 heterocycles. The van der Waals surface area contributed by atoms with Crippen molar-refractivity contribution in [3.05, 3.63) is 40.4 Å². The van der Waals surface area contributed by atoms with E-state index in [-0.39, 0.29) is 85.0 Å². The summed E-state index contributed by atoms with van der Waals surface area (Å²) in [6, 6.07) is 6.09. The molecule has 4 aromatic rings. The molecule has 0 aliphatic carbocycles. The number of nitrogens with one attached hydrogen (secondary N) is 1. The SMILES string of the molecule is C[C@H]1N[C@@H]1C(=O)N1[C@@H]2CC[C@H]1CN(c1nc(OC[C@@]34CCCN3C[C@H](F)C4)nc3c(F)c(-c4ccc(F)c5sc(N)c(C#N)c45)c(Cl)cc13)C2. The number of halogens is 4. The van der Waals surface area contributed by atoms with Crippen LogP contribution in [0.4, 0.5) is 24.0 Å². The average molecular weight is 723 g/mol. The summed E-state index contributed by atoms with van der Waals surface area (Å²) in [4.78, 5) is 29.0. The number of benzene rings is 2. The number of fused-ring (bicyclic) bond motifs is 5. The molecule has 1 amide bonds. The summed E-state index contributed by atoms with van der Waals surface area (Å²) in [6.45, 7) is 4.25. The lowest BCUT2D eigenvalue weighted by Gasteiger charge is -2.42. The van der Waals surface area contributed by atoms with E-state index in [1.54, 1.807) is 6.07 Å². The van der Waals surface area contributed by atoms with Crippen LogP contribution in [-0.2, 0) is 4.79 Å². The summed E-state index contributed by atoms with van der Waals surface area (Å²) in [5.41, 5.74) is 5.76. The minimum atomic E-state index is -0.950. The summed E-state index contributed by atoms with van der Waals surface area (Å²) < 4.78 is 53.0. The summed E-state index contributed by atoms with van der Waals surface area (Å²) >= 11 is 7.81. The summed E-state index contributed by atoms with van der Waals surface area (Å²) in [5, 5.41) is 13.8. The van der Waals surface area contributed by atoms with Gasteiger partial charge in [-0.2, -0.15) is 15.2 Å². The van der Waals surface area contributed by atoms with E-state index in [0.717, 1.165) is 43.6 Å². The second kappa shape index (κ2) is 11.6. The van der Waals surface area contributed by atoms with Gasteiger partial charge in [-0.1, -0.05) is 17.7 Å². The third-order valence-corrected chi connectivity index (χ3v) is 12.7. The quantitative estimate of drug-likeness (QED) is 0.251. The van der Waals surface area contributed by atoms with Crippen LogP contribution in [0.3, 0.4) is 0 Å². The van der Waals surface area contributed by atoms with Crippen molar-refractivity contribution in [2.24, 2.45) is 0 Å². The maximum atomic E-state index is 17.1. The van der Waals surface area contributed by atoms with Gasteiger partial charge in [0.05, 0.1) is 20.8 Å². The van der Waals surface area contributed by atoms with Crippen LogP contribution in [0, 0.1) is 23.0 Å². The standard InChI is InChI=1S/C35H34ClF3N8O2S/c1-16-28(42-16)33(48)47-18-3-4-19(47)14-45(13-18)32-21-9-23(36)26(20-5-6-24(38)30-25(20)22(11-40)31(41)50-30)27(39)29(21)43-34(44-32)49-15-35-7-2-8-46(35)12-17(37)10-35/h5-6,9,16-19,28,42H,2-4,7-8,10,12-15,41H2,1H3/t16-,17-,18-,19+,28+,35+/m1/s1. The van der Waals surface area contributed by atoms with E-state index in [4.69, 9.17) is 27.1 Å². The number of alkyl halides is 1. The number of rotatable bonds is 6. The number of nitrogens with two attached hydrogens (primary N) is 1. The van der Waals surface area contributed by atoms with Crippen molar-refractivity contribution >= 4 is 60.7 Å². The summed E-state index contributed by atoms with van der Waals surface area (Å²) in [6.07, 6.45) is 2.79. The zero-order valence-electron chi connectivity index (χ0n) is 27.2. The number of carbonyl (C=O) groups is 1. The number of nitriles is 1. The predicted molar refractivity (Wildman–Crippen MR) is 185 cm³/mol. The zero-order valence-corrected chi connectivity index (χ0v) is 28.8. The second-order valence-electron chi connectivity index (χ2n) is 14.4. The number of anilines is 2. The Kier molecular flexibility index (Phi) is 7.41. The fourth-order valence-corrected chi connectivity index (χ4v) is 10.2. The van der Waals surface area contributed by atoms with Crippen LogP contribution in [0.2, 0.25) is 5.02 Å². The summed E-state index contributed by atoms with van der Waals surface area (Å²) in [7, 11) is 0. The molecule has 0 spiro atoms. The monoisotopic (exact) mass is 722 g/mol. The molecule has 5 aliphatic heterocycles. The molecule has 2 bridgehead atoms. The van der Waals surface area contributed by atoms with Gasteiger partial charge in [0, 0.05) is 60.5 Å². The van der Waals surface area contributed by atoms with Gasteiger partial charge in [-0.05, 0) is 56.8 Å². The van der Waals surface area contributed by atoms with Gasteiger partial charge < -0.3 is 20.3 Å². The van der Waals surface area contributed by atoms with Gasteiger partial charge in [0.25, 0.3) is 0 Å². The third-order valence-electron chi connectivity index (χ3n) is 11.4. The fourth-order valence-electron chi connectivity index (χ4n) is 8.98. The molecule has 260 valence electrons. The van der Waals surface area contributed by atoms with Crippen LogP contribution in [-0.4, -0.2) is 94.3 Å².